The Morgan fingerprint density at radius 1 is 1.45 bits per heavy atom. The minimum atomic E-state index is -0.179. The van der Waals surface area contributed by atoms with Gasteiger partial charge in [-0.3, -0.25) is 4.79 Å². The van der Waals surface area contributed by atoms with Crippen LogP contribution in [0.25, 0.3) is 0 Å². The van der Waals surface area contributed by atoms with Gasteiger partial charge in [-0.05, 0) is 42.4 Å². The van der Waals surface area contributed by atoms with Crippen LogP contribution in [0.3, 0.4) is 0 Å². The van der Waals surface area contributed by atoms with Gasteiger partial charge in [-0.25, -0.2) is 4.98 Å². The molecule has 1 aliphatic rings. The van der Waals surface area contributed by atoms with Crippen molar-refractivity contribution >= 4 is 17.7 Å². The van der Waals surface area contributed by atoms with Crippen molar-refractivity contribution in [1.29, 1.82) is 0 Å². The third-order valence-electron chi connectivity index (χ3n) is 3.20. The Labute approximate surface area is 123 Å². The van der Waals surface area contributed by atoms with E-state index in [0.29, 0.717) is 17.2 Å². The van der Waals surface area contributed by atoms with E-state index in [4.69, 9.17) is 5.11 Å². The molecule has 1 aliphatic heterocycles. The standard InChI is InChI=1S/C15H18N2O2S/c18-7-1-2-12-3-4-14(16-10-12)15(19)17-11-13-5-8-20-9-6-13/h3-4,10,13,18H,5-9,11H2,(H,17,19). The lowest BCUT2D eigenvalue weighted by Gasteiger charge is -2.21. The van der Waals surface area contributed by atoms with E-state index in [2.05, 4.69) is 22.1 Å². The summed E-state index contributed by atoms with van der Waals surface area (Å²) in [6.07, 6.45) is 3.90. The maximum Gasteiger partial charge on any atom is 0.269 e. The maximum absolute atomic E-state index is 12.0. The van der Waals surface area contributed by atoms with Gasteiger partial charge in [0.05, 0.1) is 0 Å². The summed E-state index contributed by atoms with van der Waals surface area (Å²) < 4.78 is 0. The summed E-state index contributed by atoms with van der Waals surface area (Å²) in [5, 5.41) is 11.5. The quantitative estimate of drug-likeness (QED) is 0.824. The predicted molar refractivity (Wildman–Crippen MR) is 80.6 cm³/mol. The van der Waals surface area contributed by atoms with Crippen molar-refractivity contribution in [3.63, 3.8) is 0 Å². The van der Waals surface area contributed by atoms with Gasteiger partial charge in [0.15, 0.2) is 0 Å². The predicted octanol–water partition coefficient (Wildman–Crippen LogP) is 1.30. The first kappa shape index (κ1) is 14.9. The molecular weight excluding hydrogens is 272 g/mol. The number of aromatic nitrogens is 1. The summed E-state index contributed by atoms with van der Waals surface area (Å²) in [4.78, 5) is 16.1. The molecular formula is C15H18N2O2S. The normalized spacial score (nSPS) is 15.2. The van der Waals surface area contributed by atoms with E-state index in [1.807, 2.05) is 11.8 Å². The molecule has 2 rings (SSSR count). The molecule has 0 atom stereocenters. The number of hydrogen-bond acceptors (Lipinski definition) is 4. The first-order valence-corrected chi connectivity index (χ1v) is 7.87. The van der Waals surface area contributed by atoms with Gasteiger partial charge in [0.1, 0.15) is 12.3 Å². The summed E-state index contributed by atoms with van der Waals surface area (Å²) in [6, 6.07) is 3.40. The minimum absolute atomic E-state index is 0.134. The summed E-state index contributed by atoms with van der Waals surface area (Å²) >= 11 is 1.98. The minimum Gasteiger partial charge on any atom is -0.384 e. The zero-order chi connectivity index (χ0) is 14.2. The molecule has 1 aromatic rings. The van der Waals surface area contributed by atoms with E-state index in [-0.39, 0.29) is 12.5 Å². The van der Waals surface area contributed by atoms with Gasteiger partial charge >= 0.3 is 0 Å². The average molecular weight is 290 g/mol. The molecule has 20 heavy (non-hydrogen) atoms. The summed E-state index contributed by atoms with van der Waals surface area (Å²) in [5.41, 5.74) is 1.10. The third-order valence-corrected chi connectivity index (χ3v) is 4.25. The highest BCUT2D eigenvalue weighted by Crippen LogP contribution is 2.21. The van der Waals surface area contributed by atoms with Crippen molar-refractivity contribution in [1.82, 2.24) is 10.3 Å². The fraction of sp³-hybridized carbons (Fsp3) is 0.467. The molecule has 0 bridgehead atoms. The monoisotopic (exact) mass is 290 g/mol. The van der Waals surface area contributed by atoms with Gasteiger partial charge in [0.2, 0.25) is 0 Å². The molecule has 0 unspecified atom stereocenters. The van der Waals surface area contributed by atoms with E-state index in [1.165, 1.54) is 24.3 Å². The van der Waals surface area contributed by atoms with Crippen LogP contribution < -0.4 is 5.32 Å². The number of aliphatic hydroxyl groups is 1. The van der Waals surface area contributed by atoms with Crippen LogP contribution in [0.4, 0.5) is 0 Å². The van der Waals surface area contributed by atoms with E-state index in [0.717, 1.165) is 6.54 Å². The molecule has 0 aromatic carbocycles. The topological polar surface area (TPSA) is 62.2 Å². The van der Waals surface area contributed by atoms with E-state index in [9.17, 15) is 4.79 Å². The molecule has 0 spiro atoms. The number of nitrogens with zero attached hydrogens (tertiary/aromatic N) is 1. The van der Waals surface area contributed by atoms with Crippen molar-refractivity contribution < 1.29 is 9.90 Å². The molecule has 5 heteroatoms. The number of carbonyl (C=O) groups is 1. The molecule has 1 amide bonds. The molecule has 0 radical (unpaired) electrons. The first-order chi connectivity index (χ1) is 9.79. The molecule has 1 aromatic heterocycles. The van der Waals surface area contributed by atoms with Gasteiger partial charge in [-0.2, -0.15) is 11.8 Å². The Kier molecular flexibility index (Phi) is 5.90. The fourth-order valence-corrected chi connectivity index (χ4v) is 3.23. The Hall–Kier alpha value is -1.51. The Balaban J connectivity index is 1.85. The number of rotatable bonds is 3. The fourth-order valence-electron chi connectivity index (χ4n) is 2.02. The van der Waals surface area contributed by atoms with E-state index in [1.54, 1.807) is 18.3 Å². The second kappa shape index (κ2) is 7.93. The zero-order valence-corrected chi connectivity index (χ0v) is 12.1. The van der Waals surface area contributed by atoms with Gasteiger partial charge in [-0.15, -0.1) is 0 Å². The van der Waals surface area contributed by atoms with Crippen LogP contribution in [-0.4, -0.2) is 40.7 Å². The number of carbonyl (C=O) groups excluding carboxylic acids is 1. The number of amides is 1. The highest BCUT2D eigenvalue weighted by Gasteiger charge is 2.15. The molecule has 1 saturated heterocycles. The number of pyridine rings is 1. The van der Waals surface area contributed by atoms with E-state index < -0.39 is 0 Å². The Bertz CT molecular complexity index is 499. The van der Waals surface area contributed by atoms with Gasteiger partial charge in [-0.1, -0.05) is 11.8 Å². The van der Waals surface area contributed by atoms with Gasteiger partial charge < -0.3 is 10.4 Å². The van der Waals surface area contributed by atoms with Crippen LogP contribution in [0.15, 0.2) is 18.3 Å². The molecule has 2 heterocycles. The second-order valence-electron chi connectivity index (χ2n) is 4.66. The van der Waals surface area contributed by atoms with Crippen molar-refractivity contribution in [2.45, 2.75) is 12.8 Å². The first-order valence-electron chi connectivity index (χ1n) is 6.71. The second-order valence-corrected chi connectivity index (χ2v) is 5.88. The average Bonchev–Trinajstić information content (AvgIpc) is 2.52. The molecule has 0 saturated carbocycles. The van der Waals surface area contributed by atoms with Gasteiger partial charge in [0.25, 0.3) is 5.91 Å². The summed E-state index contributed by atoms with van der Waals surface area (Å²) in [6.45, 7) is 0.551. The van der Waals surface area contributed by atoms with Crippen LogP contribution in [0.2, 0.25) is 0 Å². The van der Waals surface area contributed by atoms with Crippen LogP contribution in [0.1, 0.15) is 28.9 Å². The smallest absolute Gasteiger partial charge is 0.269 e. The zero-order valence-electron chi connectivity index (χ0n) is 11.3. The third kappa shape index (κ3) is 4.55. The molecule has 2 N–H and O–H groups in total. The van der Waals surface area contributed by atoms with Gasteiger partial charge in [0, 0.05) is 18.3 Å². The lowest BCUT2D eigenvalue weighted by molar-refractivity contribution is 0.0941. The van der Waals surface area contributed by atoms with Crippen molar-refractivity contribution in [2.75, 3.05) is 24.7 Å². The van der Waals surface area contributed by atoms with Crippen LogP contribution in [0.5, 0.6) is 0 Å². The number of hydrogen-bond donors (Lipinski definition) is 2. The molecule has 4 nitrogen and oxygen atoms in total. The van der Waals surface area contributed by atoms with Crippen LogP contribution in [-0.2, 0) is 0 Å². The van der Waals surface area contributed by atoms with Crippen molar-refractivity contribution in [3.8, 4) is 11.8 Å². The largest absolute Gasteiger partial charge is 0.384 e. The molecule has 1 fully saturated rings. The van der Waals surface area contributed by atoms with E-state index >= 15 is 0 Å². The molecule has 106 valence electrons. The summed E-state index contributed by atoms with van der Waals surface area (Å²) in [7, 11) is 0. The highest BCUT2D eigenvalue weighted by molar-refractivity contribution is 7.99. The SMILES string of the molecule is O=C(NCC1CCSCC1)c1ccc(C#CCO)cn1. The highest BCUT2D eigenvalue weighted by atomic mass is 32.2. The Morgan fingerprint density at radius 3 is 2.90 bits per heavy atom. The lowest BCUT2D eigenvalue weighted by atomic mass is 10.0. The number of thioether (sulfide) groups is 1. The van der Waals surface area contributed by atoms with Crippen molar-refractivity contribution in [2.24, 2.45) is 5.92 Å². The maximum atomic E-state index is 12.0. The summed E-state index contributed by atoms with van der Waals surface area (Å²) in [5.74, 6) is 8.13. The van der Waals surface area contributed by atoms with Crippen LogP contribution in [0, 0.1) is 17.8 Å². The Morgan fingerprint density at radius 2 is 2.25 bits per heavy atom. The van der Waals surface area contributed by atoms with Crippen molar-refractivity contribution in [3.05, 3.63) is 29.6 Å². The number of nitrogens with one attached hydrogen (secondary N) is 1. The lowest BCUT2D eigenvalue weighted by Crippen LogP contribution is -2.31. The number of aliphatic hydroxyl groups excluding tert-OH is 1. The van der Waals surface area contributed by atoms with Crippen LogP contribution >= 0.6 is 11.8 Å². The molecule has 0 aliphatic carbocycles.